The number of rotatable bonds is 7. The lowest BCUT2D eigenvalue weighted by Crippen LogP contribution is -2.39. The molecule has 1 aliphatic rings. The fourth-order valence-electron chi connectivity index (χ4n) is 2.05. The maximum Gasteiger partial charge on any atom is 0.258 e. The van der Waals surface area contributed by atoms with Gasteiger partial charge in [-0.2, -0.15) is 0 Å². The van der Waals surface area contributed by atoms with Gasteiger partial charge in [-0.3, -0.25) is 4.79 Å². The fourth-order valence-corrected chi connectivity index (χ4v) is 2.38. The van der Waals surface area contributed by atoms with E-state index in [1.165, 1.54) is 12.1 Å². The van der Waals surface area contributed by atoms with Crippen LogP contribution < -0.4 is 10.1 Å². The third kappa shape index (κ3) is 4.45. The number of aliphatic hydroxyl groups is 1. The van der Waals surface area contributed by atoms with E-state index < -0.39 is 5.82 Å². The first-order valence-electron chi connectivity index (χ1n) is 6.58. The zero-order valence-electron chi connectivity index (χ0n) is 10.9. The van der Waals surface area contributed by atoms with Gasteiger partial charge in [0.1, 0.15) is 0 Å². The van der Waals surface area contributed by atoms with Crippen molar-refractivity contribution in [3.63, 3.8) is 0 Å². The molecule has 0 bridgehead atoms. The van der Waals surface area contributed by atoms with Crippen LogP contribution in [0.3, 0.4) is 0 Å². The lowest BCUT2D eigenvalue weighted by Gasteiger charge is -2.17. The minimum atomic E-state index is -0.513. The summed E-state index contributed by atoms with van der Waals surface area (Å²) < 4.78 is 19.3. The van der Waals surface area contributed by atoms with E-state index in [-0.39, 0.29) is 30.9 Å². The molecule has 2 N–H and O–H groups in total. The van der Waals surface area contributed by atoms with E-state index >= 15 is 0 Å². The van der Waals surface area contributed by atoms with Crippen molar-refractivity contribution in [1.29, 1.82) is 0 Å². The van der Waals surface area contributed by atoms with Gasteiger partial charge in [-0.25, -0.2) is 4.39 Å². The van der Waals surface area contributed by atoms with Crippen LogP contribution in [0.5, 0.6) is 5.75 Å². The molecule has 1 aromatic carbocycles. The highest BCUT2D eigenvalue weighted by molar-refractivity contribution is 9.10. The van der Waals surface area contributed by atoms with Crippen LogP contribution in [0.25, 0.3) is 0 Å². The van der Waals surface area contributed by atoms with Crippen molar-refractivity contribution < 1.29 is 19.0 Å². The van der Waals surface area contributed by atoms with Crippen molar-refractivity contribution in [2.75, 3.05) is 13.2 Å². The summed E-state index contributed by atoms with van der Waals surface area (Å²) in [5, 5.41) is 11.8. The Bertz CT molecular complexity index is 479. The summed E-state index contributed by atoms with van der Waals surface area (Å²) in [5.74, 6) is -0.303. The Hall–Kier alpha value is -1.14. The SMILES string of the molecule is O=C(COc1ccc(Br)cc1F)NC(CCO)C1CC1. The highest BCUT2D eigenvalue weighted by atomic mass is 79.9. The number of aliphatic hydroxyl groups excluding tert-OH is 1. The first kappa shape index (κ1) is 15.3. The Morgan fingerprint density at radius 2 is 2.30 bits per heavy atom. The van der Waals surface area contributed by atoms with Gasteiger partial charge in [0.05, 0.1) is 0 Å². The van der Waals surface area contributed by atoms with Gasteiger partial charge in [-0.1, -0.05) is 15.9 Å². The first-order chi connectivity index (χ1) is 9.60. The minimum absolute atomic E-state index is 0.00846. The van der Waals surface area contributed by atoms with Gasteiger partial charge >= 0.3 is 0 Å². The minimum Gasteiger partial charge on any atom is -0.481 e. The molecule has 0 saturated heterocycles. The van der Waals surface area contributed by atoms with E-state index in [1.807, 2.05) is 0 Å². The average Bonchev–Trinajstić information content (AvgIpc) is 3.21. The predicted molar refractivity (Wildman–Crippen MR) is 76.0 cm³/mol. The van der Waals surface area contributed by atoms with Gasteiger partial charge in [-0.15, -0.1) is 0 Å². The molecule has 110 valence electrons. The molecule has 0 aliphatic heterocycles. The standard InChI is InChI=1S/C14H17BrFNO3/c15-10-3-4-13(11(16)7-10)20-8-14(19)17-12(5-6-18)9-1-2-9/h3-4,7,9,12,18H,1-2,5-6,8H2,(H,17,19). The highest BCUT2D eigenvalue weighted by Crippen LogP contribution is 2.33. The van der Waals surface area contributed by atoms with Gasteiger partial charge in [-0.05, 0) is 43.4 Å². The van der Waals surface area contributed by atoms with Crippen molar-refractivity contribution in [2.24, 2.45) is 5.92 Å². The van der Waals surface area contributed by atoms with E-state index in [9.17, 15) is 9.18 Å². The molecule has 1 unspecified atom stereocenters. The second kappa shape index (κ2) is 7.04. The molecule has 1 saturated carbocycles. The lowest BCUT2D eigenvalue weighted by atomic mass is 10.1. The fraction of sp³-hybridized carbons (Fsp3) is 0.500. The van der Waals surface area contributed by atoms with E-state index in [0.29, 0.717) is 16.8 Å². The van der Waals surface area contributed by atoms with Crippen LogP contribution >= 0.6 is 15.9 Å². The summed E-state index contributed by atoms with van der Waals surface area (Å²) in [4.78, 5) is 11.8. The number of carbonyl (C=O) groups is 1. The van der Waals surface area contributed by atoms with Gasteiger partial charge in [0, 0.05) is 17.1 Å². The summed E-state index contributed by atoms with van der Waals surface area (Å²) >= 11 is 3.15. The molecule has 0 spiro atoms. The number of carbonyl (C=O) groups excluding carboxylic acids is 1. The quantitative estimate of drug-likeness (QED) is 0.796. The first-order valence-corrected chi connectivity index (χ1v) is 7.37. The van der Waals surface area contributed by atoms with Crippen molar-refractivity contribution in [3.05, 3.63) is 28.5 Å². The van der Waals surface area contributed by atoms with Gasteiger partial charge in [0.15, 0.2) is 18.2 Å². The normalized spacial score (nSPS) is 15.8. The number of hydrogen-bond donors (Lipinski definition) is 2. The van der Waals surface area contributed by atoms with E-state index in [2.05, 4.69) is 21.2 Å². The third-order valence-electron chi connectivity index (χ3n) is 3.23. The zero-order chi connectivity index (χ0) is 14.5. The Kier molecular flexibility index (Phi) is 5.37. The summed E-state index contributed by atoms with van der Waals surface area (Å²) in [6, 6.07) is 4.39. The monoisotopic (exact) mass is 345 g/mol. The predicted octanol–water partition coefficient (Wildman–Crippen LogP) is 2.24. The molecule has 2 rings (SSSR count). The van der Waals surface area contributed by atoms with Crippen LogP contribution in [0.1, 0.15) is 19.3 Å². The van der Waals surface area contributed by atoms with Gasteiger partial charge in [0.25, 0.3) is 5.91 Å². The smallest absolute Gasteiger partial charge is 0.258 e. The second-order valence-electron chi connectivity index (χ2n) is 4.89. The van der Waals surface area contributed by atoms with Crippen molar-refractivity contribution in [1.82, 2.24) is 5.32 Å². The van der Waals surface area contributed by atoms with Crippen molar-refractivity contribution in [2.45, 2.75) is 25.3 Å². The topological polar surface area (TPSA) is 58.6 Å². The zero-order valence-corrected chi connectivity index (χ0v) is 12.5. The summed E-state index contributed by atoms with van der Waals surface area (Å²) in [6.07, 6.45) is 2.70. The highest BCUT2D eigenvalue weighted by Gasteiger charge is 2.31. The summed E-state index contributed by atoms with van der Waals surface area (Å²) in [7, 11) is 0. The molecule has 4 nitrogen and oxygen atoms in total. The number of ether oxygens (including phenoxy) is 1. The number of hydrogen-bond acceptors (Lipinski definition) is 3. The molecule has 1 atom stereocenters. The Morgan fingerprint density at radius 3 is 2.90 bits per heavy atom. The number of benzene rings is 1. The second-order valence-corrected chi connectivity index (χ2v) is 5.80. The van der Waals surface area contributed by atoms with E-state index in [1.54, 1.807) is 6.07 Å². The molecule has 0 aromatic heterocycles. The van der Waals surface area contributed by atoms with Crippen LogP contribution in [0.2, 0.25) is 0 Å². The van der Waals surface area contributed by atoms with Crippen LogP contribution in [-0.4, -0.2) is 30.3 Å². The largest absolute Gasteiger partial charge is 0.481 e. The van der Waals surface area contributed by atoms with E-state index in [0.717, 1.165) is 12.8 Å². The van der Waals surface area contributed by atoms with Crippen LogP contribution in [-0.2, 0) is 4.79 Å². The van der Waals surface area contributed by atoms with Gasteiger partial charge < -0.3 is 15.2 Å². The molecule has 20 heavy (non-hydrogen) atoms. The molecule has 0 heterocycles. The molecular formula is C14H17BrFNO3. The molecule has 1 amide bonds. The Morgan fingerprint density at radius 1 is 1.55 bits per heavy atom. The number of nitrogens with one attached hydrogen (secondary N) is 1. The maximum absolute atomic E-state index is 13.5. The van der Waals surface area contributed by atoms with Crippen molar-refractivity contribution >= 4 is 21.8 Å². The average molecular weight is 346 g/mol. The Labute approximate surface area is 125 Å². The lowest BCUT2D eigenvalue weighted by molar-refractivity contribution is -0.124. The summed E-state index contributed by atoms with van der Waals surface area (Å²) in [6.45, 7) is -0.184. The molecule has 0 radical (unpaired) electrons. The molecule has 1 fully saturated rings. The Balaban J connectivity index is 1.82. The van der Waals surface area contributed by atoms with Crippen LogP contribution in [0, 0.1) is 11.7 Å². The van der Waals surface area contributed by atoms with Crippen LogP contribution in [0.15, 0.2) is 22.7 Å². The molecule has 6 heteroatoms. The summed E-state index contributed by atoms with van der Waals surface area (Å²) in [5.41, 5.74) is 0. The van der Waals surface area contributed by atoms with Crippen molar-refractivity contribution in [3.8, 4) is 5.75 Å². The molecule has 1 aromatic rings. The molecular weight excluding hydrogens is 329 g/mol. The van der Waals surface area contributed by atoms with Gasteiger partial charge in [0.2, 0.25) is 0 Å². The third-order valence-corrected chi connectivity index (χ3v) is 3.72. The van der Waals surface area contributed by atoms with Crippen LogP contribution in [0.4, 0.5) is 4.39 Å². The number of halogens is 2. The number of amides is 1. The molecule has 1 aliphatic carbocycles. The maximum atomic E-state index is 13.5. The van der Waals surface area contributed by atoms with E-state index in [4.69, 9.17) is 9.84 Å².